The van der Waals surface area contributed by atoms with Crippen molar-refractivity contribution in [1.82, 2.24) is 10.6 Å². The lowest BCUT2D eigenvalue weighted by Crippen LogP contribution is -2.42. The van der Waals surface area contributed by atoms with Crippen molar-refractivity contribution in [3.8, 4) is 0 Å². The topological polar surface area (TPSA) is 111 Å². The number of hydrogen-bond acceptors (Lipinski definition) is 4. The Kier molecular flexibility index (Phi) is 5.57. The molecule has 120 valence electrons. The summed E-state index contributed by atoms with van der Waals surface area (Å²) >= 11 is 0. The molecule has 7 heteroatoms. The number of carbonyl (C=O) groups excluding carboxylic acids is 3. The van der Waals surface area contributed by atoms with Gasteiger partial charge < -0.3 is 21.1 Å². The van der Waals surface area contributed by atoms with E-state index in [0.29, 0.717) is 19.4 Å². The number of amides is 3. The highest BCUT2D eigenvalue weighted by Gasteiger charge is 2.47. The molecule has 1 fully saturated rings. The lowest BCUT2D eigenvalue weighted by molar-refractivity contribution is -0.124. The van der Waals surface area contributed by atoms with E-state index in [-0.39, 0.29) is 23.8 Å². The van der Waals surface area contributed by atoms with Gasteiger partial charge in [0.1, 0.15) is 0 Å². The highest BCUT2D eigenvalue weighted by Crippen LogP contribution is 2.49. The Hall–Kier alpha value is -1.79. The van der Waals surface area contributed by atoms with Gasteiger partial charge in [-0.05, 0) is 46.5 Å². The smallest absolute Gasteiger partial charge is 0.408 e. The van der Waals surface area contributed by atoms with Crippen LogP contribution < -0.4 is 16.4 Å². The minimum Gasteiger partial charge on any atom is -0.439 e. The van der Waals surface area contributed by atoms with Crippen molar-refractivity contribution in [2.75, 3.05) is 13.2 Å². The number of nitrogens with one attached hydrogen (secondary N) is 2. The van der Waals surface area contributed by atoms with Crippen LogP contribution in [0.2, 0.25) is 0 Å². The van der Waals surface area contributed by atoms with Crippen LogP contribution in [0.3, 0.4) is 0 Å². The molecule has 0 heterocycles. The summed E-state index contributed by atoms with van der Waals surface area (Å²) in [5.41, 5.74) is 4.57. The summed E-state index contributed by atoms with van der Waals surface area (Å²) in [7, 11) is 0. The van der Waals surface area contributed by atoms with Crippen molar-refractivity contribution in [1.29, 1.82) is 0 Å². The fourth-order valence-corrected chi connectivity index (χ4v) is 1.95. The Morgan fingerprint density at radius 3 is 2.33 bits per heavy atom. The van der Waals surface area contributed by atoms with Gasteiger partial charge in [0, 0.05) is 17.5 Å². The van der Waals surface area contributed by atoms with E-state index in [1.807, 2.05) is 20.8 Å². The second-order valence-electron chi connectivity index (χ2n) is 6.55. The van der Waals surface area contributed by atoms with Crippen molar-refractivity contribution < 1.29 is 19.1 Å². The van der Waals surface area contributed by atoms with Crippen LogP contribution in [0.4, 0.5) is 4.79 Å². The SMILES string of the molecule is CC(C)(C)NC(=O)OCC(=O)NCCCC1(C(N)=O)CC1. The molecule has 1 saturated carbocycles. The second kappa shape index (κ2) is 6.78. The van der Waals surface area contributed by atoms with E-state index >= 15 is 0 Å². The Bertz CT molecular complexity index is 411. The zero-order valence-corrected chi connectivity index (χ0v) is 13.0. The summed E-state index contributed by atoms with van der Waals surface area (Å²) in [6.45, 7) is 5.59. The van der Waals surface area contributed by atoms with Crippen LogP contribution in [-0.2, 0) is 14.3 Å². The monoisotopic (exact) mass is 299 g/mol. The molecule has 0 aromatic carbocycles. The van der Waals surface area contributed by atoms with Crippen molar-refractivity contribution in [2.45, 2.75) is 52.0 Å². The molecular formula is C14H25N3O4. The van der Waals surface area contributed by atoms with Crippen LogP contribution in [0.15, 0.2) is 0 Å². The third-order valence-electron chi connectivity index (χ3n) is 3.34. The fourth-order valence-electron chi connectivity index (χ4n) is 1.95. The van der Waals surface area contributed by atoms with Crippen LogP contribution in [-0.4, -0.2) is 36.6 Å². The minimum atomic E-state index is -0.622. The van der Waals surface area contributed by atoms with Gasteiger partial charge in [0.05, 0.1) is 0 Å². The number of nitrogens with two attached hydrogens (primary N) is 1. The van der Waals surface area contributed by atoms with Crippen molar-refractivity contribution in [2.24, 2.45) is 11.1 Å². The van der Waals surface area contributed by atoms with Gasteiger partial charge in [-0.3, -0.25) is 9.59 Å². The number of ether oxygens (including phenoxy) is 1. The molecule has 0 atom stereocenters. The zero-order chi connectivity index (χ0) is 16.1. The molecule has 0 radical (unpaired) electrons. The van der Waals surface area contributed by atoms with Gasteiger partial charge in [0.2, 0.25) is 5.91 Å². The van der Waals surface area contributed by atoms with E-state index in [0.717, 1.165) is 12.8 Å². The molecule has 0 aromatic heterocycles. The van der Waals surface area contributed by atoms with Crippen LogP contribution in [0, 0.1) is 5.41 Å². The predicted molar refractivity (Wildman–Crippen MR) is 77.3 cm³/mol. The summed E-state index contributed by atoms with van der Waals surface area (Å²) in [5, 5.41) is 5.23. The summed E-state index contributed by atoms with van der Waals surface area (Å²) in [6, 6.07) is 0. The predicted octanol–water partition coefficient (Wildman–Crippen LogP) is 0.673. The van der Waals surface area contributed by atoms with E-state index in [4.69, 9.17) is 10.5 Å². The number of rotatable bonds is 7. The summed E-state index contributed by atoms with van der Waals surface area (Å²) < 4.78 is 4.79. The average Bonchev–Trinajstić information content (AvgIpc) is 3.11. The molecule has 0 bridgehead atoms. The molecule has 0 unspecified atom stereocenters. The van der Waals surface area contributed by atoms with Crippen LogP contribution in [0.1, 0.15) is 46.5 Å². The molecule has 0 aliphatic heterocycles. The van der Waals surface area contributed by atoms with Gasteiger partial charge in [0.15, 0.2) is 6.61 Å². The largest absolute Gasteiger partial charge is 0.439 e. The van der Waals surface area contributed by atoms with E-state index in [1.54, 1.807) is 0 Å². The van der Waals surface area contributed by atoms with Crippen molar-refractivity contribution >= 4 is 17.9 Å². The van der Waals surface area contributed by atoms with Crippen LogP contribution in [0.5, 0.6) is 0 Å². The molecule has 1 aliphatic rings. The quantitative estimate of drug-likeness (QED) is 0.600. The Balaban J connectivity index is 2.09. The van der Waals surface area contributed by atoms with Gasteiger partial charge >= 0.3 is 6.09 Å². The number of carbonyl (C=O) groups is 3. The van der Waals surface area contributed by atoms with Crippen molar-refractivity contribution in [3.05, 3.63) is 0 Å². The first-order valence-electron chi connectivity index (χ1n) is 7.16. The summed E-state index contributed by atoms with van der Waals surface area (Å²) in [5.74, 6) is -0.612. The number of primary amides is 1. The van der Waals surface area contributed by atoms with Crippen molar-refractivity contribution in [3.63, 3.8) is 0 Å². The molecule has 7 nitrogen and oxygen atoms in total. The maximum atomic E-state index is 11.5. The lowest BCUT2D eigenvalue weighted by atomic mass is 10.00. The molecule has 0 spiro atoms. The fraction of sp³-hybridized carbons (Fsp3) is 0.786. The lowest BCUT2D eigenvalue weighted by Gasteiger charge is -2.19. The third kappa shape index (κ3) is 6.46. The normalized spacial score (nSPS) is 16.0. The molecular weight excluding hydrogens is 274 g/mol. The molecule has 4 N–H and O–H groups in total. The van der Waals surface area contributed by atoms with E-state index in [9.17, 15) is 14.4 Å². The summed E-state index contributed by atoms with van der Waals surface area (Å²) in [6.07, 6.45) is 2.43. The standard InChI is InChI=1S/C14H25N3O4/c1-13(2,3)17-12(20)21-9-10(18)16-8-4-5-14(6-7-14)11(15)19/h4-9H2,1-3H3,(H2,15,19)(H,16,18)(H,17,20). The zero-order valence-electron chi connectivity index (χ0n) is 13.0. The van der Waals surface area contributed by atoms with Gasteiger partial charge in [-0.2, -0.15) is 0 Å². The van der Waals surface area contributed by atoms with E-state index in [2.05, 4.69) is 10.6 Å². The maximum Gasteiger partial charge on any atom is 0.408 e. The first kappa shape index (κ1) is 17.3. The van der Waals surface area contributed by atoms with E-state index in [1.165, 1.54) is 0 Å². The van der Waals surface area contributed by atoms with Gasteiger partial charge in [0.25, 0.3) is 5.91 Å². The average molecular weight is 299 g/mol. The number of alkyl carbamates (subject to hydrolysis) is 1. The minimum absolute atomic E-state index is 0.254. The van der Waals surface area contributed by atoms with Crippen LogP contribution in [0.25, 0.3) is 0 Å². The Morgan fingerprint density at radius 1 is 1.24 bits per heavy atom. The molecule has 1 aliphatic carbocycles. The van der Waals surface area contributed by atoms with Gasteiger partial charge in [-0.15, -0.1) is 0 Å². The highest BCUT2D eigenvalue weighted by atomic mass is 16.6. The molecule has 0 saturated heterocycles. The molecule has 1 rings (SSSR count). The highest BCUT2D eigenvalue weighted by molar-refractivity contribution is 5.83. The van der Waals surface area contributed by atoms with Gasteiger partial charge in [-0.25, -0.2) is 4.79 Å². The van der Waals surface area contributed by atoms with E-state index < -0.39 is 11.6 Å². The summed E-state index contributed by atoms with van der Waals surface area (Å²) in [4.78, 5) is 34.0. The van der Waals surface area contributed by atoms with Gasteiger partial charge in [-0.1, -0.05) is 0 Å². The Labute approximate surface area is 125 Å². The number of hydrogen-bond donors (Lipinski definition) is 3. The maximum absolute atomic E-state index is 11.5. The first-order valence-corrected chi connectivity index (χ1v) is 7.16. The first-order chi connectivity index (χ1) is 9.65. The van der Waals surface area contributed by atoms with Crippen LogP contribution >= 0.6 is 0 Å². The molecule has 21 heavy (non-hydrogen) atoms. The second-order valence-corrected chi connectivity index (χ2v) is 6.55. The Morgan fingerprint density at radius 2 is 1.86 bits per heavy atom. The third-order valence-corrected chi connectivity index (χ3v) is 3.34. The molecule has 0 aromatic rings. The molecule has 3 amide bonds.